The first-order valence-corrected chi connectivity index (χ1v) is 6.82. The standard InChI is InChI=1S/C15H23NO2/c1-3-16-15(11-14-5-4-10-18-14)12-6-8-13(17-2)9-7-12/h6-9,14-16H,3-5,10-11H2,1-2H3. The zero-order chi connectivity index (χ0) is 12.8. The van der Waals surface area contributed by atoms with E-state index < -0.39 is 0 Å². The normalized spacial score (nSPS) is 20.9. The maximum atomic E-state index is 5.73. The number of hydrogen-bond donors (Lipinski definition) is 1. The van der Waals surface area contributed by atoms with Crippen LogP contribution in [-0.4, -0.2) is 26.4 Å². The van der Waals surface area contributed by atoms with Gasteiger partial charge in [-0.2, -0.15) is 0 Å². The van der Waals surface area contributed by atoms with Crippen molar-refractivity contribution < 1.29 is 9.47 Å². The SMILES string of the molecule is CCNC(CC1CCCO1)c1ccc(OC)cc1. The maximum absolute atomic E-state index is 5.73. The van der Waals surface area contributed by atoms with Gasteiger partial charge in [-0.25, -0.2) is 0 Å². The summed E-state index contributed by atoms with van der Waals surface area (Å²) >= 11 is 0. The zero-order valence-electron chi connectivity index (χ0n) is 11.3. The third-order valence-corrected chi connectivity index (χ3v) is 3.49. The van der Waals surface area contributed by atoms with Gasteiger partial charge in [-0.05, 0) is 43.5 Å². The molecule has 1 fully saturated rings. The molecule has 0 aliphatic carbocycles. The van der Waals surface area contributed by atoms with Gasteiger partial charge in [0.05, 0.1) is 13.2 Å². The molecular weight excluding hydrogens is 226 g/mol. The summed E-state index contributed by atoms with van der Waals surface area (Å²) in [7, 11) is 1.70. The van der Waals surface area contributed by atoms with Crippen LogP contribution in [0.1, 0.15) is 37.8 Å². The number of rotatable bonds is 6. The topological polar surface area (TPSA) is 30.5 Å². The van der Waals surface area contributed by atoms with Crippen molar-refractivity contribution in [2.75, 3.05) is 20.3 Å². The molecule has 3 heteroatoms. The fourth-order valence-electron chi connectivity index (χ4n) is 2.51. The smallest absolute Gasteiger partial charge is 0.118 e. The summed E-state index contributed by atoms with van der Waals surface area (Å²) in [4.78, 5) is 0. The van der Waals surface area contributed by atoms with E-state index in [-0.39, 0.29) is 0 Å². The summed E-state index contributed by atoms with van der Waals surface area (Å²) in [6.07, 6.45) is 3.86. The molecule has 2 atom stereocenters. The Morgan fingerprint density at radius 2 is 2.17 bits per heavy atom. The third-order valence-electron chi connectivity index (χ3n) is 3.49. The van der Waals surface area contributed by atoms with Gasteiger partial charge in [0.2, 0.25) is 0 Å². The largest absolute Gasteiger partial charge is 0.497 e. The van der Waals surface area contributed by atoms with Crippen molar-refractivity contribution in [3.63, 3.8) is 0 Å². The van der Waals surface area contributed by atoms with E-state index >= 15 is 0 Å². The van der Waals surface area contributed by atoms with Gasteiger partial charge < -0.3 is 14.8 Å². The summed E-state index contributed by atoms with van der Waals surface area (Å²) in [5.41, 5.74) is 1.31. The first-order chi connectivity index (χ1) is 8.83. The molecule has 1 aliphatic rings. The van der Waals surface area contributed by atoms with Gasteiger partial charge in [0.1, 0.15) is 5.75 Å². The van der Waals surface area contributed by atoms with Crippen LogP contribution in [0.5, 0.6) is 5.75 Å². The number of benzene rings is 1. The van der Waals surface area contributed by atoms with Crippen LogP contribution in [0, 0.1) is 0 Å². The van der Waals surface area contributed by atoms with Crippen LogP contribution >= 0.6 is 0 Å². The highest BCUT2D eigenvalue weighted by atomic mass is 16.5. The summed E-state index contributed by atoms with van der Waals surface area (Å²) in [5.74, 6) is 0.908. The van der Waals surface area contributed by atoms with Crippen LogP contribution in [0.2, 0.25) is 0 Å². The molecule has 2 rings (SSSR count). The lowest BCUT2D eigenvalue weighted by Crippen LogP contribution is -2.25. The van der Waals surface area contributed by atoms with Crippen LogP contribution in [0.15, 0.2) is 24.3 Å². The molecule has 3 nitrogen and oxygen atoms in total. The first kappa shape index (κ1) is 13.4. The van der Waals surface area contributed by atoms with E-state index in [1.54, 1.807) is 7.11 Å². The van der Waals surface area contributed by atoms with E-state index in [1.165, 1.54) is 18.4 Å². The lowest BCUT2D eigenvalue weighted by atomic mass is 9.99. The third kappa shape index (κ3) is 3.47. The van der Waals surface area contributed by atoms with Gasteiger partial charge in [0.15, 0.2) is 0 Å². The second-order valence-electron chi connectivity index (χ2n) is 4.75. The maximum Gasteiger partial charge on any atom is 0.118 e. The van der Waals surface area contributed by atoms with E-state index in [0.717, 1.165) is 25.3 Å². The molecule has 1 N–H and O–H groups in total. The Morgan fingerprint density at radius 3 is 2.72 bits per heavy atom. The fourth-order valence-corrected chi connectivity index (χ4v) is 2.51. The van der Waals surface area contributed by atoms with E-state index in [9.17, 15) is 0 Å². The molecule has 0 spiro atoms. The van der Waals surface area contributed by atoms with Crippen molar-refractivity contribution in [1.82, 2.24) is 5.32 Å². The minimum atomic E-state index is 0.379. The fraction of sp³-hybridized carbons (Fsp3) is 0.600. The predicted molar refractivity (Wildman–Crippen MR) is 73.0 cm³/mol. The van der Waals surface area contributed by atoms with Crippen LogP contribution in [0.4, 0.5) is 0 Å². The van der Waals surface area contributed by atoms with Gasteiger partial charge in [-0.1, -0.05) is 19.1 Å². The lowest BCUT2D eigenvalue weighted by molar-refractivity contribution is 0.0947. The number of ether oxygens (including phenoxy) is 2. The van der Waals surface area contributed by atoms with Crippen molar-refractivity contribution in [1.29, 1.82) is 0 Å². The first-order valence-electron chi connectivity index (χ1n) is 6.82. The van der Waals surface area contributed by atoms with Gasteiger partial charge in [-0.15, -0.1) is 0 Å². The molecule has 1 heterocycles. The van der Waals surface area contributed by atoms with Crippen LogP contribution in [0.3, 0.4) is 0 Å². The highest BCUT2D eigenvalue weighted by Crippen LogP contribution is 2.26. The highest BCUT2D eigenvalue weighted by Gasteiger charge is 2.21. The molecule has 100 valence electrons. The number of methoxy groups -OCH3 is 1. The van der Waals surface area contributed by atoms with Crippen LogP contribution in [-0.2, 0) is 4.74 Å². The second-order valence-corrected chi connectivity index (χ2v) is 4.75. The van der Waals surface area contributed by atoms with E-state index in [2.05, 4.69) is 24.4 Å². The van der Waals surface area contributed by atoms with Gasteiger partial charge in [0, 0.05) is 12.6 Å². The number of nitrogens with one attached hydrogen (secondary N) is 1. The summed E-state index contributed by atoms with van der Waals surface area (Å²) in [5, 5.41) is 3.54. The molecular formula is C15H23NO2. The average molecular weight is 249 g/mol. The molecule has 2 unspecified atom stereocenters. The molecule has 18 heavy (non-hydrogen) atoms. The Labute approximate surface area is 109 Å². The molecule has 1 aromatic rings. The molecule has 0 amide bonds. The van der Waals surface area contributed by atoms with E-state index in [0.29, 0.717) is 12.1 Å². The zero-order valence-corrected chi connectivity index (χ0v) is 11.3. The Kier molecular flexibility index (Phi) is 5.02. The van der Waals surface area contributed by atoms with Crippen molar-refractivity contribution in [2.45, 2.75) is 38.3 Å². The van der Waals surface area contributed by atoms with Crippen LogP contribution < -0.4 is 10.1 Å². The average Bonchev–Trinajstić information content (AvgIpc) is 2.91. The Morgan fingerprint density at radius 1 is 1.39 bits per heavy atom. The molecule has 0 bridgehead atoms. The summed E-state index contributed by atoms with van der Waals surface area (Å²) in [6, 6.07) is 8.70. The minimum absolute atomic E-state index is 0.379. The van der Waals surface area contributed by atoms with E-state index in [1.807, 2.05) is 12.1 Å². The summed E-state index contributed by atoms with van der Waals surface area (Å²) in [6.45, 7) is 4.04. The molecule has 1 saturated heterocycles. The van der Waals surface area contributed by atoms with Gasteiger partial charge in [-0.3, -0.25) is 0 Å². The monoisotopic (exact) mass is 249 g/mol. The Balaban J connectivity index is 2.02. The quantitative estimate of drug-likeness (QED) is 0.841. The lowest BCUT2D eigenvalue weighted by Gasteiger charge is -2.21. The molecule has 1 aliphatic heterocycles. The van der Waals surface area contributed by atoms with Crippen molar-refractivity contribution in [3.8, 4) is 5.75 Å². The van der Waals surface area contributed by atoms with Crippen molar-refractivity contribution in [2.24, 2.45) is 0 Å². The molecule has 0 radical (unpaired) electrons. The summed E-state index contributed by atoms with van der Waals surface area (Å²) < 4.78 is 10.9. The molecule has 0 aromatic heterocycles. The van der Waals surface area contributed by atoms with E-state index in [4.69, 9.17) is 9.47 Å². The van der Waals surface area contributed by atoms with Crippen molar-refractivity contribution in [3.05, 3.63) is 29.8 Å². The van der Waals surface area contributed by atoms with Gasteiger partial charge >= 0.3 is 0 Å². The predicted octanol–water partition coefficient (Wildman–Crippen LogP) is 2.91. The van der Waals surface area contributed by atoms with Crippen LogP contribution in [0.25, 0.3) is 0 Å². The highest BCUT2D eigenvalue weighted by molar-refractivity contribution is 5.29. The minimum Gasteiger partial charge on any atom is -0.497 e. The number of hydrogen-bond acceptors (Lipinski definition) is 3. The Hall–Kier alpha value is -1.06. The van der Waals surface area contributed by atoms with Gasteiger partial charge in [0.25, 0.3) is 0 Å². The molecule has 1 aromatic carbocycles. The molecule has 0 saturated carbocycles. The van der Waals surface area contributed by atoms with Crippen molar-refractivity contribution >= 4 is 0 Å². The Bertz CT molecular complexity index is 344. The second kappa shape index (κ2) is 6.76.